The number of hydrogen-bond acceptors (Lipinski definition) is 5. The summed E-state index contributed by atoms with van der Waals surface area (Å²) < 4.78 is 28.4. The van der Waals surface area contributed by atoms with Crippen LogP contribution in [0.4, 0.5) is 0 Å². The molecule has 0 aliphatic carbocycles. The predicted octanol–water partition coefficient (Wildman–Crippen LogP) is -0.714. The molecule has 0 unspecified atom stereocenters. The fourth-order valence-electron chi connectivity index (χ4n) is 0.961. The van der Waals surface area contributed by atoms with Gasteiger partial charge in [-0.2, -0.15) is 4.31 Å². The van der Waals surface area contributed by atoms with Gasteiger partial charge in [-0.3, -0.25) is 9.59 Å². The second kappa shape index (κ2) is 6.44. The number of likely N-dealkylation sites (N-methyl/N-ethyl adjacent to an activating group) is 1. The van der Waals surface area contributed by atoms with Crippen LogP contribution < -0.4 is 0 Å². The van der Waals surface area contributed by atoms with Crippen LogP contribution in [0.25, 0.3) is 0 Å². The van der Waals surface area contributed by atoms with Crippen LogP contribution in [0, 0.1) is 0 Å². The second-order valence-electron chi connectivity index (χ2n) is 2.96. The Morgan fingerprint density at radius 1 is 1.38 bits per heavy atom. The van der Waals surface area contributed by atoms with E-state index < -0.39 is 40.7 Å². The topological polar surface area (TPSA) is 101 Å². The minimum absolute atomic E-state index is 0.0943. The standard InChI is InChI=1S/C8H15NO6S/c1-3-9(6-8(12)15-2)16(13,14)5-4-7(10)11/h3-6H2,1-2H3,(H,10,11). The Hall–Kier alpha value is -1.15. The maximum Gasteiger partial charge on any atom is 0.321 e. The summed E-state index contributed by atoms with van der Waals surface area (Å²) >= 11 is 0. The average molecular weight is 253 g/mol. The molecule has 0 aromatic heterocycles. The third-order valence-electron chi connectivity index (χ3n) is 1.85. The van der Waals surface area contributed by atoms with Crippen LogP contribution in [0.5, 0.6) is 0 Å². The molecule has 0 bridgehead atoms. The number of rotatable bonds is 7. The second-order valence-corrected chi connectivity index (χ2v) is 5.05. The molecule has 0 amide bonds. The number of nitrogens with zero attached hydrogens (tertiary/aromatic N) is 1. The fourth-order valence-corrected chi connectivity index (χ4v) is 2.35. The zero-order valence-electron chi connectivity index (χ0n) is 9.17. The SMILES string of the molecule is CCN(CC(=O)OC)S(=O)(=O)CCC(=O)O. The molecule has 0 heterocycles. The maximum atomic E-state index is 11.6. The van der Waals surface area contributed by atoms with E-state index in [-0.39, 0.29) is 6.54 Å². The number of ether oxygens (including phenoxy) is 1. The van der Waals surface area contributed by atoms with Crippen molar-refractivity contribution >= 4 is 22.0 Å². The number of carbonyl (C=O) groups excluding carboxylic acids is 1. The van der Waals surface area contributed by atoms with Crippen LogP contribution in [0.15, 0.2) is 0 Å². The van der Waals surface area contributed by atoms with Crippen LogP contribution in [0.2, 0.25) is 0 Å². The van der Waals surface area contributed by atoms with Crippen molar-refractivity contribution in [2.75, 3.05) is 26.0 Å². The summed E-state index contributed by atoms with van der Waals surface area (Å²) in [6.07, 6.45) is -0.486. The van der Waals surface area contributed by atoms with Crippen LogP contribution in [-0.2, 0) is 24.3 Å². The number of carbonyl (C=O) groups is 2. The number of aliphatic carboxylic acids is 1. The lowest BCUT2D eigenvalue weighted by atomic mass is 10.5. The summed E-state index contributed by atoms with van der Waals surface area (Å²) in [6, 6.07) is 0. The quantitative estimate of drug-likeness (QED) is 0.601. The van der Waals surface area contributed by atoms with Gasteiger partial charge in [-0.1, -0.05) is 6.92 Å². The van der Waals surface area contributed by atoms with Crippen molar-refractivity contribution in [3.63, 3.8) is 0 Å². The number of carboxylic acid groups (broad SMARTS) is 1. The van der Waals surface area contributed by atoms with E-state index in [1.807, 2.05) is 0 Å². The van der Waals surface area contributed by atoms with Gasteiger partial charge in [-0.15, -0.1) is 0 Å². The lowest BCUT2D eigenvalue weighted by Gasteiger charge is -2.18. The first-order valence-corrected chi connectivity index (χ1v) is 6.20. The normalized spacial score (nSPS) is 11.4. The number of carboxylic acids is 1. The number of sulfonamides is 1. The highest BCUT2D eigenvalue weighted by atomic mass is 32.2. The third-order valence-corrected chi connectivity index (χ3v) is 3.75. The smallest absolute Gasteiger partial charge is 0.321 e. The molecule has 0 saturated carbocycles. The van der Waals surface area contributed by atoms with Gasteiger partial charge in [0.05, 0.1) is 19.3 Å². The van der Waals surface area contributed by atoms with E-state index >= 15 is 0 Å². The fraction of sp³-hybridized carbons (Fsp3) is 0.750. The van der Waals surface area contributed by atoms with E-state index in [2.05, 4.69) is 4.74 Å². The maximum absolute atomic E-state index is 11.6. The Balaban J connectivity index is 4.55. The molecular weight excluding hydrogens is 238 g/mol. The van der Waals surface area contributed by atoms with Gasteiger partial charge >= 0.3 is 11.9 Å². The highest BCUT2D eigenvalue weighted by Gasteiger charge is 2.23. The van der Waals surface area contributed by atoms with Crippen molar-refractivity contribution in [3.05, 3.63) is 0 Å². The summed E-state index contributed by atoms with van der Waals surface area (Å²) in [4.78, 5) is 21.2. The molecule has 1 N–H and O–H groups in total. The van der Waals surface area contributed by atoms with Gasteiger partial charge in [0.25, 0.3) is 0 Å². The average Bonchev–Trinajstić information content (AvgIpc) is 2.22. The van der Waals surface area contributed by atoms with Gasteiger partial charge in [0, 0.05) is 6.54 Å². The van der Waals surface area contributed by atoms with Crippen molar-refractivity contribution in [2.24, 2.45) is 0 Å². The van der Waals surface area contributed by atoms with E-state index in [9.17, 15) is 18.0 Å². The van der Waals surface area contributed by atoms with Gasteiger partial charge < -0.3 is 9.84 Å². The van der Waals surface area contributed by atoms with Crippen LogP contribution in [-0.4, -0.2) is 55.7 Å². The van der Waals surface area contributed by atoms with Crippen LogP contribution in [0.3, 0.4) is 0 Å². The van der Waals surface area contributed by atoms with E-state index in [4.69, 9.17) is 5.11 Å². The van der Waals surface area contributed by atoms with Crippen molar-refractivity contribution < 1.29 is 27.9 Å². The number of hydrogen-bond donors (Lipinski definition) is 1. The van der Waals surface area contributed by atoms with Crippen LogP contribution >= 0.6 is 0 Å². The molecule has 8 heteroatoms. The molecule has 0 saturated heterocycles. The zero-order valence-corrected chi connectivity index (χ0v) is 9.99. The molecule has 0 spiro atoms. The Morgan fingerprint density at radius 2 is 1.94 bits per heavy atom. The predicted molar refractivity (Wildman–Crippen MR) is 55.3 cm³/mol. The minimum Gasteiger partial charge on any atom is -0.481 e. The molecule has 0 aliphatic rings. The van der Waals surface area contributed by atoms with E-state index in [0.717, 1.165) is 11.4 Å². The van der Waals surface area contributed by atoms with Gasteiger partial charge in [0.1, 0.15) is 6.54 Å². The van der Waals surface area contributed by atoms with Crippen molar-refractivity contribution in [2.45, 2.75) is 13.3 Å². The largest absolute Gasteiger partial charge is 0.481 e. The first kappa shape index (κ1) is 14.8. The molecule has 0 aromatic rings. The summed E-state index contributed by atoms with van der Waals surface area (Å²) in [5.41, 5.74) is 0. The van der Waals surface area contributed by atoms with Crippen molar-refractivity contribution in [1.29, 1.82) is 0 Å². The molecule has 16 heavy (non-hydrogen) atoms. The molecule has 7 nitrogen and oxygen atoms in total. The number of methoxy groups -OCH3 is 1. The lowest BCUT2D eigenvalue weighted by molar-refractivity contribution is -0.140. The number of esters is 1. The molecule has 0 aliphatic heterocycles. The highest BCUT2D eigenvalue weighted by Crippen LogP contribution is 2.03. The molecule has 94 valence electrons. The monoisotopic (exact) mass is 253 g/mol. The molecule has 0 fully saturated rings. The highest BCUT2D eigenvalue weighted by molar-refractivity contribution is 7.89. The van der Waals surface area contributed by atoms with Gasteiger partial charge in [-0.25, -0.2) is 8.42 Å². The zero-order chi connectivity index (χ0) is 12.8. The van der Waals surface area contributed by atoms with E-state index in [0.29, 0.717) is 0 Å². The summed E-state index contributed by atoms with van der Waals surface area (Å²) in [5.74, 6) is -2.40. The van der Waals surface area contributed by atoms with Gasteiger partial charge in [-0.05, 0) is 0 Å². The Labute approximate surface area is 94.0 Å². The van der Waals surface area contributed by atoms with Crippen molar-refractivity contribution in [1.82, 2.24) is 4.31 Å². The van der Waals surface area contributed by atoms with Crippen LogP contribution in [0.1, 0.15) is 13.3 Å². The summed E-state index contributed by atoms with van der Waals surface area (Å²) in [5, 5.41) is 8.38. The van der Waals surface area contributed by atoms with Gasteiger partial charge in [0.2, 0.25) is 10.0 Å². The Kier molecular flexibility index (Phi) is 5.97. The van der Waals surface area contributed by atoms with E-state index in [1.165, 1.54) is 0 Å². The molecular formula is C8H15NO6S. The molecule has 0 radical (unpaired) electrons. The van der Waals surface area contributed by atoms with Crippen molar-refractivity contribution in [3.8, 4) is 0 Å². The Bertz CT molecular complexity index is 350. The minimum atomic E-state index is -3.72. The first-order valence-electron chi connectivity index (χ1n) is 4.60. The summed E-state index contributed by atoms with van der Waals surface area (Å²) in [6.45, 7) is 1.26. The molecule has 0 aromatic carbocycles. The lowest BCUT2D eigenvalue weighted by Crippen LogP contribution is -2.37. The third kappa shape index (κ3) is 5.08. The van der Waals surface area contributed by atoms with Gasteiger partial charge in [0.15, 0.2) is 0 Å². The molecule has 0 atom stereocenters. The first-order chi connectivity index (χ1) is 7.33. The molecule has 0 rings (SSSR count). The summed E-state index contributed by atoms with van der Waals surface area (Å²) in [7, 11) is -2.57. The Morgan fingerprint density at radius 3 is 2.31 bits per heavy atom. The van der Waals surface area contributed by atoms with E-state index in [1.54, 1.807) is 6.92 Å².